The van der Waals surface area contributed by atoms with Gasteiger partial charge in [0.1, 0.15) is 5.65 Å². The topological polar surface area (TPSA) is 17.8 Å². The van der Waals surface area contributed by atoms with E-state index in [2.05, 4.69) is 40.7 Å². The molecule has 0 amide bonds. The number of hydrogen-bond acceptors (Lipinski definition) is 1. The van der Waals surface area contributed by atoms with Crippen LogP contribution in [0, 0.1) is 6.92 Å². The molecule has 18 heavy (non-hydrogen) atoms. The van der Waals surface area contributed by atoms with Crippen molar-refractivity contribution >= 4 is 22.6 Å². The van der Waals surface area contributed by atoms with Crippen molar-refractivity contribution in [2.45, 2.75) is 13.5 Å². The van der Waals surface area contributed by atoms with Crippen LogP contribution in [0.2, 0.25) is 5.02 Å². The minimum Gasteiger partial charge on any atom is -0.326 e. The summed E-state index contributed by atoms with van der Waals surface area (Å²) in [5.41, 5.74) is 3.48. The summed E-state index contributed by atoms with van der Waals surface area (Å²) in [6.07, 6.45) is 1.83. The molecule has 2 aromatic heterocycles. The molecule has 3 heteroatoms. The molecule has 0 fully saturated rings. The van der Waals surface area contributed by atoms with Crippen LogP contribution in [0.1, 0.15) is 11.3 Å². The number of aryl methyl sites for hydroxylation is 1. The van der Waals surface area contributed by atoms with E-state index in [-0.39, 0.29) is 0 Å². The van der Waals surface area contributed by atoms with Crippen LogP contribution < -0.4 is 0 Å². The fraction of sp³-hybridized carbons (Fsp3) is 0.133. The van der Waals surface area contributed by atoms with E-state index in [0.717, 1.165) is 17.2 Å². The maximum absolute atomic E-state index is 5.90. The lowest BCUT2D eigenvalue weighted by molar-refractivity contribution is 0.795. The Morgan fingerprint density at radius 1 is 1.17 bits per heavy atom. The van der Waals surface area contributed by atoms with E-state index in [1.807, 2.05) is 24.4 Å². The first-order valence-corrected chi connectivity index (χ1v) is 6.27. The Hall–Kier alpha value is -1.80. The third kappa shape index (κ3) is 2.00. The molecular weight excluding hydrogens is 244 g/mol. The summed E-state index contributed by atoms with van der Waals surface area (Å²) in [7, 11) is 0. The summed E-state index contributed by atoms with van der Waals surface area (Å²) in [4.78, 5) is 4.45. The lowest BCUT2D eigenvalue weighted by Gasteiger charge is -2.07. The number of benzene rings is 1. The normalized spacial score (nSPS) is 11.0. The van der Waals surface area contributed by atoms with Gasteiger partial charge >= 0.3 is 0 Å². The molecule has 0 saturated carbocycles. The van der Waals surface area contributed by atoms with Crippen LogP contribution in [0.15, 0.2) is 48.7 Å². The molecule has 3 rings (SSSR count). The fourth-order valence-corrected chi connectivity index (χ4v) is 2.32. The standard InChI is InChI=1S/C15H13ClN2/c1-11-9-13-3-2-8-17-15(13)18(11)10-12-4-6-14(16)7-5-12/h2-9H,10H2,1H3. The third-order valence-electron chi connectivity index (χ3n) is 3.12. The average Bonchev–Trinajstić information content (AvgIpc) is 2.69. The van der Waals surface area contributed by atoms with Gasteiger partial charge < -0.3 is 4.57 Å². The highest BCUT2D eigenvalue weighted by Gasteiger charge is 2.06. The van der Waals surface area contributed by atoms with E-state index < -0.39 is 0 Å². The highest BCUT2D eigenvalue weighted by Crippen LogP contribution is 2.19. The maximum atomic E-state index is 5.90. The monoisotopic (exact) mass is 256 g/mol. The first kappa shape index (κ1) is 11.3. The first-order valence-electron chi connectivity index (χ1n) is 5.89. The minimum atomic E-state index is 0.769. The van der Waals surface area contributed by atoms with Crippen molar-refractivity contribution in [3.8, 4) is 0 Å². The Morgan fingerprint density at radius 2 is 1.94 bits per heavy atom. The van der Waals surface area contributed by atoms with Gasteiger partial charge in [0, 0.05) is 28.8 Å². The number of pyridine rings is 1. The van der Waals surface area contributed by atoms with E-state index in [9.17, 15) is 0 Å². The molecule has 0 aliphatic carbocycles. The van der Waals surface area contributed by atoms with Crippen LogP contribution in [-0.4, -0.2) is 9.55 Å². The Bertz CT molecular complexity index is 683. The minimum absolute atomic E-state index is 0.769. The number of hydrogen-bond donors (Lipinski definition) is 0. The molecule has 1 aromatic carbocycles. The number of nitrogens with zero attached hydrogens (tertiary/aromatic N) is 2. The van der Waals surface area contributed by atoms with Crippen molar-refractivity contribution in [1.82, 2.24) is 9.55 Å². The largest absolute Gasteiger partial charge is 0.326 e. The Morgan fingerprint density at radius 3 is 2.72 bits per heavy atom. The van der Waals surface area contributed by atoms with E-state index >= 15 is 0 Å². The number of rotatable bonds is 2. The maximum Gasteiger partial charge on any atom is 0.140 e. The summed E-state index contributed by atoms with van der Waals surface area (Å²) in [5.74, 6) is 0. The number of aromatic nitrogens is 2. The molecule has 0 atom stereocenters. The molecule has 3 aromatic rings. The molecule has 0 N–H and O–H groups in total. The van der Waals surface area contributed by atoms with Crippen molar-refractivity contribution in [2.24, 2.45) is 0 Å². The molecule has 0 spiro atoms. The summed E-state index contributed by atoms with van der Waals surface area (Å²) < 4.78 is 2.22. The van der Waals surface area contributed by atoms with Crippen LogP contribution in [0.25, 0.3) is 11.0 Å². The van der Waals surface area contributed by atoms with E-state index in [1.54, 1.807) is 0 Å². The zero-order valence-corrected chi connectivity index (χ0v) is 10.9. The highest BCUT2D eigenvalue weighted by molar-refractivity contribution is 6.30. The SMILES string of the molecule is Cc1cc2cccnc2n1Cc1ccc(Cl)cc1. The summed E-state index contributed by atoms with van der Waals surface area (Å²) in [6, 6.07) is 14.2. The van der Waals surface area contributed by atoms with Crippen molar-refractivity contribution < 1.29 is 0 Å². The zero-order chi connectivity index (χ0) is 12.5. The highest BCUT2D eigenvalue weighted by atomic mass is 35.5. The van der Waals surface area contributed by atoms with Gasteiger partial charge in [-0.2, -0.15) is 0 Å². The second-order valence-corrected chi connectivity index (χ2v) is 4.85. The fourth-order valence-electron chi connectivity index (χ4n) is 2.19. The Kier molecular flexibility index (Phi) is 2.80. The molecule has 90 valence electrons. The van der Waals surface area contributed by atoms with Crippen molar-refractivity contribution in [2.75, 3.05) is 0 Å². The molecule has 0 saturated heterocycles. The van der Waals surface area contributed by atoms with Gasteiger partial charge in [-0.3, -0.25) is 0 Å². The predicted octanol–water partition coefficient (Wildman–Crippen LogP) is 4.05. The van der Waals surface area contributed by atoms with Gasteiger partial charge in [0.15, 0.2) is 0 Å². The van der Waals surface area contributed by atoms with Crippen molar-refractivity contribution in [1.29, 1.82) is 0 Å². The van der Waals surface area contributed by atoms with Gasteiger partial charge in [0.2, 0.25) is 0 Å². The number of fused-ring (bicyclic) bond motifs is 1. The molecule has 2 nitrogen and oxygen atoms in total. The summed E-state index contributed by atoms with van der Waals surface area (Å²) in [6.45, 7) is 2.93. The molecule has 0 radical (unpaired) electrons. The smallest absolute Gasteiger partial charge is 0.140 e. The first-order chi connectivity index (χ1) is 8.74. The molecule has 0 bridgehead atoms. The van der Waals surface area contributed by atoms with E-state index in [1.165, 1.54) is 16.6 Å². The zero-order valence-electron chi connectivity index (χ0n) is 10.1. The van der Waals surface area contributed by atoms with Gasteiger partial charge in [-0.25, -0.2) is 4.98 Å². The van der Waals surface area contributed by atoms with Crippen molar-refractivity contribution in [3.05, 3.63) is 64.9 Å². The predicted molar refractivity (Wildman–Crippen MR) is 75.0 cm³/mol. The lowest BCUT2D eigenvalue weighted by atomic mass is 10.2. The van der Waals surface area contributed by atoms with Crippen molar-refractivity contribution in [3.63, 3.8) is 0 Å². The second kappa shape index (κ2) is 4.46. The second-order valence-electron chi connectivity index (χ2n) is 4.41. The molecule has 0 aliphatic rings. The lowest BCUT2D eigenvalue weighted by Crippen LogP contribution is -2.02. The Labute approximate surface area is 111 Å². The average molecular weight is 257 g/mol. The summed E-state index contributed by atoms with van der Waals surface area (Å²) in [5, 5.41) is 1.95. The van der Waals surface area contributed by atoms with Crippen LogP contribution in [-0.2, 0) is 6.54 Å². The van der Waals surface area contributed by atoms with Crippen LogP contribution in [0.3, 0.4) is 0 Å². The van der Waals surface area contributed by atoms with Gasteiger partial charge in [-0.1, -0.05) is 23.7 Å². The summed E-state index contributed by atoms with van der Waals surface area (Å²) >= 11 is 5.90. The van der Waals surface area contributed by atoms with Crippen LogP contribution in [0.4, 0.5) is 0 Å². The number of halogens is 1. The van der Waals surface area contributed by atoms with Crippen LogP contribution in [0.5, 0.6) is 0 Å². The van der Waals surface area contributed by atoms with Crippen LogP contribution >= 0.6 is 11.6 Å². The third-order valence-corrected chi connectivity index (χ3v) is 3.37. The van der Waals surface area contributed by atoms with Gasteiger partial charge in [-0.15, -0.1) is 0 Å². The van der Waals surface area contributed by atoms with E-state index in [0.29, 0.717) is 0 Å². The van der Waals surface area contributed by atoms with E-state index in [4.69, 9.17) is 11.6 Å². The van der Waals surface area contributed by atoms with Gasteiger partial charge in [0.25, 0.3) is 0 Å². The van der Waals surface area contributed by atoms with Gasteiger partial charge in [0.05, 0.1) is 0 Å². The molecule has 2 heterocycles. The Balaban J connectivity index is 2.04. The molecule has 0 unspecified atom stereocenters. The molecule has 0 aliphatic heterocycles. The quantitative estimate of drug-likeness (QED) is 0.676. The molecular formula is C15H13ClN2. The van der Waals surface area contributed by atoms with Gasteiger partial charge in [-0.05, 0) is 42.8 Å².